The topological polar surface area (TPSA) is 18.5 Å². The summed E-state index contributed by atoms with van der Waals surface area (Å²) in [4.78, 5) is 0. The van der Waals surface area contributed by atoms with Crippen LogP contribution in [0.4, 0.5) is 0 Å². The molecule has 0 amide bonds. The maximum atomic E-state index is 5.84. The number of halogens is 2. The largest absolute Gasteiger partial charge is 0.486 e. The third-order valence-corrected chi connectivity index (χ3v) is 2.58. The van der Waals surface area contributed by atoms with Gasteiger partial charge >= 0.3 is 0 Å². The molecule has 1 aliphatic heterocycles. The van der Waals surface area contributed by atoms with E-state index in [4.69, 9.17) is 21.1 Å². The second-order valence-electron chi connectivity index (χ2n) is 2.41. The van der Waals surface area contributed by atoms with Gasteiger partial charge in [0.1, 0.15) is 13.2 Å². The molecule has 64 valence electrons. The average molecular weight is 296 g/mol. The average Bonchev–Trinajstić information content (AvgIpc) is 2.04. The van der Waals surface area contributed by atoms with E-state index in [1.807, 2.05) is 6.07 Å². The van der Waals surface area contributed by atoms with Crippen LogP contribution in [-0.2, 0) is 0 Å². The summed E-state index contributed by atoms with van der Waals surface area (Å²) in [5.41, 5.74) is 0. The summed E-state index contributed by atoms with van der Waals surface area (Å²) < 4.78 is 11.8. The van der Waals surface area contributed by atoms with Crippen LogP contribution < -0.4 is 9.47 Å². The minimum absolute atomic E-state index is 0.601. The van der Waals surface area contributed by atoms with Gasteiger partial charge < -0.3 is 9.47 Å². The smallest absolute Gasteiger partial charge is 0.174 e. The van der Waals surface area contributed by atoms with Crippen LogP contribution in [-0.4, -0.2) is 13.2 Å². The van der Waals surface area contributed by atoms with Gasteiger partial charge in [0.15, 0.2) is 11.5 Å². The van der Waals surface area contributed by atoms with Gasteiger partial charge in [-0.1, -0.05) is 11.6 Å². The molecule has 2 rings (SSSR count). The number of ether oxygens (including phenoxy) is 2. The molecule has 0 aromatic heterocycles. The van der Waals surface area contributed by atoms with Gasteiger partial charge in [-0.05, 0) is 28.7 Å². The molecule has 4 heteroatoms. The monoisotopic (exact) mass is 296 g/mol. The van der Waals surface area contributed by atoms with Crippen molar-refractivity contribution in [2.24, 2.45) is 0 Å². The fourth-order valence-corrected chi connectivity index (χ4v) is 2.23. The molecule has 0 radical (unpaired) electrons. The van der Waals surface area contributed by atoms with Crippen LogP contribution in [0.15, 0.2) is 12.1 Å². The highest BCUT2D eigenvalue weighted by Crippen LogP contribution is 2.37. The molecule has 0 bridgehead atoms. The van der Waals surface area contributed by atoms with Crippen LogP contribution in [0.3, 0.4) is 0 Å². The Morgan fingerprint density at radius 3 is 2.83 bits per heavy atom. The maximum Gasteiger partial charge on any atom is 0.174 e. The van der Waals surface area contributed by atoms with Gasteiger partial charge in [0, 0.05) is 11.1 Å². The first-order valence-electron chi connectivity index (χ1n) is 3.52. The molecule has 12 heavy (non-hydrogen) atoms. The molecule has 0 N–H and O–H groups in total. The molecule has 1 aliphatic rings. The van der Waals surface area contributed by atoms with Crippen LogP contribution in [0, 0.1) is 3.57 Å². The van der Waals surface area contributed by atoms with Gasteiger partial charge in [-0.25, -0.2) is 0 Å². The Morgan fingerprint density at radius 2 is 2.00 bits per heavy atom. The van der Waals surface area contributed by atoms with Gasteiger partial charge in [-0.3, -0.25) is 0 Å². The van der Waals surface area contributed by atoms with Gasteiger partial charge in [-0.15, -0.1) is 0 Å². The Morgan fingerprint density at radius 1 is 1.25 bits per heavy atom. The van der Waals surface area contributed by atoms with Gasteiger partial charge in [0.05, 0.1) is 3.57 Å². The third kappa shape index (κ3) is 1.47. The summed E-state index contributed by atoms with van der Waals surface area (Å²) in [6, 6.07) is 3.63. The van der Waals surface area contributed by atoms with Crippen LogP contribution in [0.25, 0.3) is 0 Å². The van der Waals surface area contributed by atoms with E-state index in [2.05, 4.69) is 22.6 Å². The highest BCUT2D eigenvalue weighted by molar-refractivity contribution is 14.1. The molecular weight excluding hydrogens is 290 g/mol. The van der Waals surface area contributed by atoms with Crippen molar-refractivity contribution in [2.45, 2.75) is 0 Å². The predicted molar refractivity (Wildman–Crippen MR) is 55.2 cm³/mol. The second-order valence-corrected chi connectivity index (χ2v) is 4.01. The lowest BCUT2D eigenvalue weighted by Gasteiger charge is -2.19. The molecule has 0 spiro atoms. The van der Waals surface area contributed by atoms with Crippen molar-refractivity contribution < 1.29 is 9.47 Å². The Hall–Kier alpha value is -0.160. The van der Waals surface area contributed by atoms with Crippen molar-refractivity contribution in [1.29, 1.82) is 0 Å². The normalized spacial score (nSPS) is 14.5. The zero-order chi connectivity index (χ0) is 8.55. The summed E-state index contributed by atoms with van der Waals surface area (Å²) in [6.07, 6.45) is 0. The lowest BCUT2D eigenvalue weighted by molar-refractivity contribution is 0.170. The van der Waals surface area contributed by atoms with Crippen molar-refractivity contribution in [1.82, 2.24) is 0 Å². The maximum absolute atomic E-state index is 5.84. The van der Waals surface area contributed by atoms with Crippen molar-refractivity contribution in [3.05, 3.63) is 20.7 Å². The SMILES string of the molecule is Clc1cc(I)c2c(c1)OCCO2. The first-order valence-corrected chi connectivity index (χ1v) is 4.97. The van der Waals surface area contributed by atoms with Crippen molar-refractivity contribution in [3.63, 3.8) is 0 Å². The van der Waals surface area contributed by atoms with E-state index in [0.717, 1.165) is 15.1 Å². The van der Waals surface area contributed by atoms with E-state index in [0.29, 0.717) is 18.2 Å². The summed E-state index contributed by atoms with van der Waals surface area (Å²) in [6.45, 7) is 1.22. The van der Waals surface area contributed by atoms with E-state index >= 15 is 0 Å². The van der Waals surface area contributed by atoms with Gasteiger partial charge in [-0.2, -0.15) is 0 Å². The van der Waals surface area contributed by atoms with Crippen molar-refractivity contribution >= 4 is 34.2 Å². The van der Waals surface area contributed by atoms with Crippen LogP contribution in [0.5, 0.6) is 11.5 Å². The molecule has 0 saturated carbocycles. The fraction of sp³-hybridized carbons (Fsp3) is 0.250. The highest BCUT2D eigenvalue weighted by atomic mass is 127. The van der Waals surface area contributed by atoms with Gasteiger partial charge in [0.25, 0.3) is 0 Å². The van der Waals surface area contributed by atoms with Crippen LogP contribution in [0.1, 0.15) is 0 Å². The minimum Gasteiger partial charge on any atom is -0.486 e. The Bertz CT molecular complexity index is 314. The first kappa shape index (κ1) is 8.44. The summed E-state index contributed by atoms with van der Waals surface area (Å²) >= 11 is 8.02. The Labute approximate surface area is 88.9 Å². The molecule has 2 nitrogen and oxygen atoms in total. The predicted octanol–water partition coefficient (Wildman–Crippen LogP) is 2.72. The van der Waals surface area contributed by atoms with E-state index < -0.39 is 0 Å². The molecule has 1 heterocycles. The third-order valence-electron chi connectivity index (χ3n) is 1.56. The standard InChI is InChI=1S/C8H6ClIO2/c9-5-3-6(10)8-7(4-5)11-1-2-12-8/h3-4H,1-2H2. The van der Waals surface area contributed by atoms with E-state index in [1.54, 1.807) is 6.07 Å². The number of rotatable bonds is 0. The zero-order valence-electron chi connectivity index (χ0n) is 6.14. The number of hydrogen-bond donors (Lipinski definition) is 0. The van der Waals surface area contributed by atoms with Crippen molar-refractivity contribution in [3.8, 4) is 11.5 Å². The number of hydrogen-bond acceptors (Lipinski definition) is 2. The van der Waals surface area contributed by atoms with Crippen molar-refractivity contribution in [2.75, 3.05) is 13.2 Å². The fourth-order valence-electron chi connectivity index (χ4n) is 1.08. The Balaban J connectivity index is 2.53. The molecule has 0 aliphatic carbocycles. The molecule has 0 unspecified atom stereocenters. The summed E-state index contributed by atoms with van der Waals surface area (Å²) in [7, 11) is 0. The second kappa shape index (κ2) is 3.30. The quantitative estimate of drug-likeness (QED) is 0.685. The van der Waals surface area contributed by atoms with Crippen LogP contribution >= 0.6 is 34.2 Å². The first-order chi connectivity index (χ1) is 5.77. The highest BCUT2D eigenvalue weighted by Gasteiger charge is 2.15. The van der Waals surface area contributed by atoms with E-state index in [-0.39, 0.29) is 0 Å². The lowest BCUT2D eigenvalue weighted by Crippen LogP contribution is -2.16. The minimum atomic E-state index is 0.601. The molecule has 0 fully saturated rings. The van der Waals surface area contributed by atoms with Crippen LogP contribution in [0.2, 0.25) is 5.02 Å². The number of benzene rings is 1. The molecular formula is C8H6ClIO2. The molecule has 0 saturated heterocycles. The zero-order valence-corrected chi connectivity index (χ0v) is 9.05. The van der Waals surface area contributed by atoms with E-state index in [9.17, 15) is 0 Å². The lowest BCUT2D eigenvalue weighted by atomic mass is 10.3. The Kier molecular flexibility index (Phi) is 2.32. The molecule has 0 atom stereocenters. The summed E-state index contributed by atoms with van der Waals surface area (Å²) in [5.74, 6) is 1.56. The number of fused-ring (bicyclic) bond motifs is 1. The molecule has 1 aromatic carbocycles. The molecule has 1 aromatic rings. The summed E-state index contributed by atoms with van der Waals surface area (Å²) in [5, 5.41) is 0.684. The van der Waals surface area contributed by atoms with E-state index in [1.165, 1.54) is 0 Å². The van der Waals surface area contributed by atoms with Gasteiger partial charge in [0.2, 0.25) is 0 Å².